The van der Waals surface area contributed by atoms with E-state index in [4.69, 9.17) is 10.5 Å². The Balaban J connectivity index is 1.97. The van der Waals surface area contributed by atoms with Gasteiger partial charge in [-0.05, 0) is 43.1 Å². The van der Waals surface area contributed by atoms with Gasteiger partial charge in [0.15, 0.2) is 0 Å². The topological polar surface area (TPSA) is 35.2 Å². The van der Waals surface area contributed by atoms with E-state index in [-0.39, 0.29) is 11.5 Å². The Morgan fingerprint density at radius 2 is 2.00 bits per heavy atom. The van der Waals surface area contributed by atoms with Gasteiger partial charge in [-0.3, -0.25) is 0 Å². The molecule has 2 aliphatic heterocycles. The van der Waals surface area contributed by atoms with Crippen molar-refractivity contribution >= 4 is 11.8 Å². The van der Waals surface area contributed by atoms with Gasteiger partial charge in [0.05, 0.1) is 11.6 Å². The first-order valence-corrected chi connectivity index (χ1v) is 7.04. The zero-order valence-corrected chi connectivity index (χ0v) is 10.1. The normalized spacial score (nSPS) is 31.9. The molecule has 0 amide bonds. The molecular formula is C11H19F2NOS. The number of hydrogen-bond donors (Lipinski definition) is 1. The molecule has 5 heteroatoms. The maximum atomic E-state index is 12.6. The molecule has 0 radical (unpaired) electrons. The Bertz CT molecular complexity index is 229. The zero-order valence-electron chi connectivity index (χ0n) is 9.33. The Morgan fingerprint density at radius 3 is 2.62 bits per heavy atom. The fourth-order valence-corrected chi connectivity index (χ4v) is 3.93. The first kappa shape index (κ1) is 12.6. The molecule has 2 atom stereocenters. The molecule has 1 spiro atoms. The van der Waals surface area contributed by atoms with Crippen LogP contribution in [0.15, 0.2) is 0 Å². The molecule has 0 aliphatic carbocycles. The lowest BCUT2D eigenvalue weighted by molar-refractivity contribution is -0.112. The summed E-state index contributed by atoms with van der Waals surface area (Å²) in [6, 6.07) is -0.977. The average molecular weight is 251 g/mol. The van der Waals surface area contributed by atoms with Crippen LogP contribution in [0.4, 0.5) is 8.78 Å². The van der Waals surface area contributed by atoms with E-state index in [0.717, 1.165) is 30.8 Å². The van der Waals surface area contributed by atoms with E-state index >= 15 is 0 Å². The van der Waals surface area contributed by atoms with Crippen LogP contribution in [-0.4, -0.2) is 36.2 Å². The van der Waals surface area contributed by atoms with Crippen molar-refractivity contribution < 1.29 is 13.5 Å². The highest BCUT2D eigenvalue weighted by Crippen LogP contribution is 2.40. The van der Waals surface area contributed by atoms with Gasteiger partial charge in [0.1, 0.15) is 0 Å². The average Bonchev–Trinajstić information content (AvgIpc) is 2.29. The largest absolute Gasteiger partial charge is 0.375 e. The molecule has 2 nitrogen and oxygen atoms in total. The fraction of sp³-hybridized carbons (Fsp3) is 1.00. The highest BCUT2D eigenvalue weighted by molar-refractivity contribution is 7.99. The van der Waals surface area contributed by atoms with Gasteiger partial charge in [-0.1, -0.05) is 0 Å². The predicted octanol–water partition coefficient (Wildman–Crippen LogP) is 2.27. The second kappa shape index (κ2) is 5.19. The first-order chi connectivity index (χ1) is 7.63. The van der Waals surface area contributed by atoms with Crippen molar-refractivity contribution in [3.05, 3.63) is 0 Å². The number of thioether (sulfide) groups is 1. The van der Waals surface area contributed by atoms with Crippen molar-refractivity contribution in [3.63, 3.8) is 0 Å². The molecule has 2 saturated heterocycles. The summed E-state index contributed by atoms with van der Waals surface area (Å²) in [4.78, 5) is 0. The number of halogens is 2. The van der Waals surface area contributed by atoms with E-state index in [1.165, 1.54) is 0 Å². The van der Waals surface area contributed by atoms with E-state index < -0.39 is 12.5 Å². The number of hydrogen-bond acceptors (Lipinski definition) is 3. The van der Waals surface area contributed by atoms with Crippen LogP contribution in [0, 0.1) is 5.92 Å². The molecule has 0 aromatic carbocycles. The summed E-state index contributed by atoms with van der Waals surface area (Å²) < 4.78 is 31.0. The summed E-state index contributed by atoms with van der Waals surface area (Å²) >= 11 is 1.92. The molecule has 2 N–H and O–H groups in total. The number of alkyl halides is 2. The molecule has 94 valence electrons. The van der Waals surface area contributed by atoms with Crippen molar-refractivity contribution in [1.29, 1.82) is 0 Å². The van der Waals surface area contributed by atoms with Crippen molar-refractivity contribution in [2.75, 3.05) is 18.1 Å². The van der Waals surface area contributed by atoms with E-state index in [1.54, 1.807) is 0 Å². The van der Waals surface area contributed by atoms with Crippen LogP contribution in [0.3, 0.4) is 0 Å². The molecule has 0 aromatic rings. The third kappa shape index (κ3) is 2.68. The van der Waals surface area contributed by atoms with Crippen LogP contribution < -0.4 is 5.73 Å². The van der Waals surface area contributed by atoms with Crippen molar-refractivity contribution in [1.82, 2.24) is 0 Å². The Labute approximate surface area is 99.3 Å². The molecule has 0 bridgehead atoms. The highest BCUT2D eigenvalue weighted by atomic mass is 32.2. The molecule has 2 unspecified atom stereocenters. The Hall–Kier alpha value is 0.130. The quantitative estimate of drug-likeness (QED) is 0.817. The molecule has 2 aliphatic rings. The molecule has 2 fully saturated rings. The smallest absolute Gasteiger partial charge is 0.253 e. The van der Waals surface area contributed by atoms with Crippen molar-refractivity contribution in [2.45, 2.75) is 43.8 Å². The standard InChI is InChI=1S/C11H19F2NOS/c12-10(13)9(14)8-1-4-15-11(7-8)2-5-16-6-3-11/h8-10H,1-7,14H2. The van der Waals surface area contributed by atoms with Gasteiger partial charge in [-0.25, -0.2) is 8.78 Å². The summed E-state index contributed by atoms with van der Waals surface area (Å²) in [7, 11) is 0. The van der Waals surface area contributed by atoms with Crippen LogP contribution in [0.5, 0.6) is 0 Å². The first-order valence-electron chi connectivity index (χ1n) is 5.88. The van der Waals surface area contributed by atoms with E-state index in [1.807, 2.05) is 11.8 Å². The maximum absolute atomic E-state index is 12.6. The molecule has 16 heavy (non-hydrogen) atoms. The molecule has 2 heterocycles. The molecular weight excluding hydrogens is 232 g/mol. The van der Waals surface area contributed by atoms with Gasteiger partial charge in [0.2, 0.25) is 0 Å². The van der Waals surface area contributed by atoms with Gasteiger partial charge >= 0.3 is 0 Å². The third-order valence-electron chi connectivity index (χ3n) is 3.77. The summed E-state index contributed by atoms with van der Waals surface area (Å²) in [5, 5.41) is 0. The predicted molar refractivity (Wildman–Crippen MR) is 61.9 cm³/mol. The van der Waals surface area contributed by atoms with Gasteiger partial charge in [0, 0.05) is 6.61 Å². The molecule has 0 aromatic heterocycles. The lowest BCUT2D eigenvalue weighted by Gasteiger charge is -2.44. The lowest BCUT2D eigenvalue weighted by Crippen LogP contribution is -2.49. The number of ether oxygens (including phenoxy) is 1. The summed E-state index contributed by atoms with van der Waals surface area (Å²) in [5.74, 6) is 2.09. The van der Waals surface area contributed by atoms with Crippen molar-refractivity contribution in [3.8, 4) is 0 Å². The number of rotatable bonds is 2. The Kier molecular flexibility index (Phi) is 4.08. The van der Waals surface area contributed by atoms with Crippen LogP contribution in [0.1, 0.15) is 25.7 Å². The fourth-order valence-electron chi connectivity index (χ4n) is 2.69. The molecule has 2 rings (SSSR count). The summed E-state index contributed by atoms with van der Waals surface area (Å²) in [6.07, 6.45) is 0.978. The van der Waals surface area contributed by atoms with Crippen LogP contribution in [0.2, 0.25) is 0 Å². The lowest BCUT2D eigenvalue weighted by atomic mass is 9.79. The Morgan fingerprint density at radius 1 is 1.31 bits per heavy atom. The van der Waals surface area contributed by atoms with Crippen LogP contribution in [0.25, 0.3) is 0 Å². The van der Waals surface area contributed by atoms with Gasteiger partial charge < -0.3 is 10.5 Å². The highest BCUT2D eigenvalue weighted by Gasteiger charge is 2.41. The van der Waals surface area contributed by atoms with Gasteiger partial charge in [0.25, 0.3) is 6.43 Å². The second-order valence-electron chi connectivity index (χ2n) is 4.81. The summed E-state index contributed by atoms with van der Waals surface area (Å²) in [5.41, 5.74) is 5.43. The van der Waals surface area contributed by atoms with Crippen LogP contribution in [-0.2, 0) is 4.74 Å². The van der Waals surface area contributed by atoms with E-state index in [0.29, 0.717) is 13.0 Å². The summed E-state index contributed by atoms with van der Waals surface area (Å²) in [6.45, 7) is 0.593. The monoisotopic (exact) mass is 251 g/mol. The third-order valence-corrected chi connectivity index (χ3v) is 4.76. The minimum atomic E-state index is -2.40. The number of nitrogens with two attached hydrogens (primary N) is 1. The van der Waals surface area contributed by atoms with Gasteiger partial charge in [-0.2, -0.15) is 11.8 Å². The van der Waals surface area contributed by atoms with Crippen LogP contribution >= 0.6 is 11.8 Å². The van der Waals surface area contributed by atoms with E-state index in [2.05, 4.69) is 0 Å². The van der Waals surface area contributed by atoms with Gasteiger partial charge in [-0.15, -0.1) is 0 Å². The molecule has 0 saturated carbocycles. The maximum Gasteiger partial charge on any atom is 0.253 e. The van der Waals surface area contributed by atoms with E-state index in [9.17, 15) is 8.78 Å². The SMILES string of the molecule is NC(C(F)F)C1CCOC2(CCSCC2)C1. The minimum absolute atomic E-state index is 0.0724. The van der Waals surface area contributed by atoms with Crippen molar-refractivity contribution in [2.24, 2.45) is 11.7 Å². The minimum Gasteiger partial charge on any atom is -0.375 e. The second-order valence-corrected chi connectivity index (χ2v) is 6.03. The zero-order chi connectivity index (χ0) is 11.6.